The summed E-state index contributed by atoms with van der Waals surface area (Å²) in [5.74, 6) is 0.0527. The van der Waals surface area contributed by atoms with Crippen LogP contribution in [0, 0.1) is 5.92 Å². The van der Waals surface area contributed by atoms with E-state index in [1.165, 1.54) is 0 Å². The van der Waals surface area contributed by atoms with Gasteiger partial charge in [0.05, 0.1) is 0 Å². The molecule has 1 aromatic rings. The minimum Gasteiger partial charge on any atom is -0.445 e. The first-order chi connectivity index (χ1) is 14.0. The number of carbonyl (C=O) groups is 3. The van der Waals surface area contributed by atoms with Gasteiger partial charge in [-0.05, 0) is 30.7 Å². The number of alkyl carbamates (subject to hydrolysis) is 1. The Bertz CT molecular complexity index is 680. The maximum atomic E-state index is 13.0. The number of carbonyl (C=O) groups excluding carboxylic acids is 3. The summed E-state index contributed by atoms with van der Waals surface area (Å²) in [6, 6.07) is 8.18. The summed E-state index contributed by atoms with van der Waals surface area (Å²) in [4.78, 5) is 39.3. The summed E-state index contributed by atoms with van der Waals surface area (Å²) in [5.41, 5.74) is 0.875. The molecule has 1 aromatic carbocycles. The number of ether oxygens (including phenoxy) is 1. The molecule has 1 saturated heterocycles. The van der Waals surface area contributed by atoms with Crippen molar-refractivity contribution in [1.82, 2.24) is 15.5 Å². The number of hydrogen-bond donors (Lipinski definition) is 2. The van der Waals surface area contributed by atoms with Crippen LogP contribution in [0.2, 0.25) is 0 Å². The molecule has 3 amide bonds. The van der Waals surface area contributed by atoms with Gasteiger partial charge in [-0.2, -0.15) is 0 Å². The lowest BCUT2D eigenvalue weighted by Gasteiger charge is -2.28. The first-order valence-electron chi connectivity index (χ1n) is 10.5. The molecular weight excluding hydrogens is 370 g/mol. The predicted molar refractivity (Wildman–Crippen MR) is 111 cm³/mol. The van der Waals surface area contributed by atoms with Crippen LogP contribution in [0.1, 0.15) is 52.0 Å². The number of amides is 3. The van der Waals surface area contributed by atoms with Gasteiger partial charge in [0.1, 0.15) is 18.7 Å². The van der Waals surface area contributed by atoms with E-state index in [9.17, 15) is 14.4 Å². The second kappa shape index (κ2) is 11.4. The molecule has 0 saturated carbocycles. The Labute approximate surface area is 173 Å². The summed E-state index contributed by atoms with van der Waals surface area (Å²) in [5, 5.41) is 5.60. The third kappa shape index (κ3) is 6.76. The van der Waals surface area contributed by atoms with Gasteiger partial charge >= 0.3 is 6.09 Å². The van der Waals surface area contributed by atoms with Gasteiger partial charge in [-0.1, -0.05) is 57.5 Å². The van der Waals surface area contributed by atoms with Crippen molar-refractivity contribution in [2.24, 2.45) is 5.92 Å². The van der Waals surface area contributed by atoms with Gasteiger partial charge in [0, 0.05) is 13.1 Å². The summed E-state index contributed by atoms with van der Waals surface area (Å²) in [6.45, 7) is 7.26. The Kier molecular flexibility index (Phi) is 8.96. The molecule has 2 rings (SSSR count). The van der Waals surface area contributed by atoms with Crippen molar-refractivity contribution < 1.29 is 19.1 Å². The molecular formula is C22H33N3O4. The molecule has 7 heteroatoms. The zero-order valence-electron chi connectivity index (χ0n) is 17.6. The molecule has 0 radical (unpaired) electrons. The minimum absolute atomic E-state index is 0.113. The monoisotopic (exact) mass is 403 g/mol. The summed E-state index contributed by atoms with van der Waals surface area (Å²) in [6.07, 6.45) is 2.21. The van der Waals surface area contributed by atoms with E-state index >= 15 is 0 Å². The molecule has 1 aliphatic rings. The molecule has 0 bridgehead atoms. The molecule has 2 N–H and O–H groups in total. The largest absolute Gasteiger partial charge is 0.445 e. The average molecular weight is 404 g/mol. The molecule has 0 aromatic heterocycles. The Hall–Kier alpha value is -2.57. The van der Waals surface area contributed by atoms with Gasteiger partial charge in [0.2, 0.25) is 11.8 Å². The number of likely N-dealkylation sites (tertiary alicyclic amines) is 1. The zero-order chi connectivity index (χ0) is 21.2. The van der Waals surface area contributed by atoms with Crippen molar-refractivity contribution in [3.63, 3.8) is 0 Å². The SMILES string of the molecule is CCC(C)CNC(=O)[C@@H]1CCCN1C(=O)[C@H](CC)NC(=O)OCc1ccccc1. The second-order valence-electron chi connectivity index (χ2n) is 7.62. The summed E-state index contributed by atoms with van der Waals surface area (Å²) in [7, 11) is 0. The highest BCUT2D eigenvalue weighted by Crippen LogP contribution is 2.19. The molecule has 0 spiro atoms. The van der Waals surface area contributed by atoms with Gasteiger partial charge in [-0.3, -0.25) is 9.59 Å². The van der Waals surface area contributed by atoms with E-state index in [1.54, 1.807) is 4.90 Å². The van der Waals surface area contributed by atoms with Gasteiger partial charge in [0.15, 0.2) is 0 Å². The van der Waals surface area contributed by atoms with Crippen LogP contribution in [0.5, 0.6) is 0 Å². The molecule has 0 aliphatic carbocycles. The van der Waals surface area contributed by atoms with Gasteiger partial charge in [0.25, 0.3) is 0 Å². The molecule has 7 nitrogen and oxygen atoms in total. The van der Waals surface area contributed by atoms with E-state index in [4.69, 9.17) is 4.74 Å². The zero-order valence-corrected chi connectivity index (χ0v) is 17.6. The van der Waals surface area contributed by atoms with Gasteiger partial charge in [-0.25, -0.2) is 4.79 Å². The number of rotatable bonds is 9. The van der Waals surface area contributed by atoms with E-state index in [2.05, 4.69) is 24.5 Å². The molecule has 1 unspecified atom stereocenters. The van der Waals surface area contributed by atoms with Gasteiger partial charge < -0.3 is 20.3 Å². The molecule has 1 fully saturated rings. The molecule has 1 heterocycles. The van der Waals surface area contributed by atoms with E-state index in [1.807, 2.05) is 37.3 Å². The van der Waals surface area contributed by atoms with Crippen molar-refractivity contribution in [2.45, 2.75) is 65.1 Å². The number of nitrogens with zero attached hydrogens (tertiary/aromatic N) is 1. The van der Waals surface area contributed by atoms with Crippen molar-refractivity contribution in [3.8, 4) is 0 Å². The number of nitrogens with one attached hydrogen (secondary N) is 2. The molecule has 160 valence electrons. The van der Waals surface area contributed by atoms with Crippen molar-refractivity contribution >= 4 is 17.9 Å². The Morgan fingerprint density at radius 3 is 2.55 bits per heavy atom. The lowest BCUT2D eigenvalue weighted by Crippen LogP contribution is -2.53. The lowest BCUT2D eigenvalue weighted by atomic mass is 10.1. The van der Waals surface area contributed by atoms with E-state index in [0.29, 0.717) is 31.8 Å². The van der Waals surface area contributed by atoms with Crippen molar-refractivity contribution in [1.29, 1.82) is 0 Å². The highest BCUT2D eigenvalue weighted by molar-refractivity contribution is 5.91. The van der Waals surface area contributed by atoms with Crippen molar-refractivity contribution in [2.75, 3.05) is 13.1 Å². The number of hydrogen-bond acceptors (Lipinski definition) is 4. The number of benzene rings is 1. The smallest absolute Gasteiger partial charge is 0.408 e. The van der Waals surface area contributed by atoms with Crippen LogP contribution < -0.4 is 10.6 Å². The first kappa shape index (κ1) is 22.7. The minimum atomic E-state index is -0.707. The molecule has 3 atom stereocenters. The fourth-order valence-corrected chi connectivity index (χ4v) is 3.29. The molecule has 1 aliphatic heterocycles. The Morgan fingerprint density at radius 2 is 1.90 bits per heavy atom. The fraction of sp³-hybridized carbons (Fsp3) is 0.591. The fourth-order valence-electron chi connectivity index (χ4n) is 3.29. The summed E-state index contributed by atoms with van der Waals surface area (Å²) >= 11 is 0. The van der Waals surface area contributed by atoms with Crippen LogP contribution in [0.3, 0.4) is 0 Å². The Morgan fingerprint density at radius 1 is 1.17 bits per heavy atom. The van der Waals surface area contributed by atoms with Crippen LogP contribution in [0.15, 0.2) is 30.3 Å². The van der Waals surface area contributed by atoms with E-state index in [0.717, 1.165) is 18.4 Å². The van der Waals surface area contributed by atoms with E-state index in [-0.39, 0.29) is 18.4 Å². The third-order valence-electron chi connectivity index (χ3n) is 5.37. The first-order valence-corrected chi connectivity index (χ1v) is 10.5. The van der Waals surface area contributed by atoms with Crippen LogP contribution in [-0.2, 0) is 20.9 Å². The topological polar surface area (TPSA) is 87.7 Å². The average Bonchev–Trinajstić information content (AvgIpc) is 3.24. The maximum Gasteiger partial charge on any atom is 0.408 e. The standard InChI is InChI=1S/C22H33N3O4/c1-4-16(3)14-23-20(26)19-12-9-13-25(19)21(27)18(5-2)24-22(28)29-15-17-10-7-6-8-11-17/h6-8,10-11,16,18-19H,4-5,9,12-15H2,1-3H3,(H,23,26)(H,24,28)/t16?,18-,19-/m0/s1. The third-order valence-corrected chi connectivity index (χ3v) is 5.37. The highest BCUT2D eigenvalue weighted by Gasteiger charge is 2.37. The van der Waals surface area contributed by atoms with Crippen LogP contribution in [0.4, 0.5) is 4.79 Å². The second-order valence-corrected chi connectivity index (χ2v) is 7.62. The van der Waals surface area contributed by atoms with Crippen LogP contribution >= 0.6 is 0 Å². The van der Waals surface area contributed by atoms with E-state index < -0.39 is 18.2 Å². The maximum absolute atomic E-state index is 13.0. The predicted octanol–water partition coefficient (Wildman–Crippen LogP) is 2.84. The Balaban J connectivity index is 1.89. The quantitative estimate of drug-likeness (QED) is 0.664. The van der Waals surface area contributed by atoms with Gasteiger partial charge in [-0.15, -0.1) is 0 Å². The van der Waals surface area contributed by atoms with Crippen LogP contribution in [0.25, 0.3) is 0 Å². The highest BCUT2D eigenvalue weighted by atomic mass is 16.5. The normalized spacial score (nSPS) is 18.0. The summed E-state index contributed by atoms with van der Waals surface area (Å²) < 4.78 is 5.22. The molecule has 29 heavy (non-hydrogen) atoms. The van der Waals surface area contributed by atoms with Crippen molar-refractivity contribution in [3.05, 3.63) is 35.9 Å². The van der Waals surface area contributed by atoms with Crippen LogP contribution in [-0.4, -0.2) is 48.0 Å². The lowest BCUT2D eigenvalue weighted by molar-refractivity contribution is -0.140.